The number of ether oxygens (including phenoxy) is 1. The minimum absolute atomic E-state index is 0.206. The van der Waals surface area contributed by atoms with Crippen molar-refractivity contribution in [2.24, 2.45) is 0 Å². The number of benzene rings is 1. The Balaban J connectivity index is 1.88. The lowest BCUT2D eigenvalue weighted by atomic mass is 10.2. The van der Waals surface area contributed by atoms with Gasteiger partial charge in [0.05, 0.1) is 12.2 Å². The van der Waals surface area contributed by atoms with Crippen molar-refractivity contribution >= 4 is 39.2 Å². The van der Waals surface area contributed by atoms with E-state index in [0.29, 0.717) is 16.1 Å². The van der Waals surface area contributed by atoms with Gasteiger partial charge in [0.15, 0.2) is 5.76 Å². The van der Waals surface area contributed by atoms with E-state index >= 15 is 0 Å². The third-order valence-electron chi connectivity index (χ3n) is 3.50. The number of para-hydroxylation sites is 1. The lowest BCUT2D eigenvalue weighted by Gasteiger charge is -2.04. The van der Waals surface area contributed by atoms with Crippen molar-refractivity contribution in [3.8, 4) is 0 Å². The maximum absolute atomic E-state index is 12.5. The van der Waals surface area contributed by atoms with Crippen molar-refractivity contribution < 1.29 is 18.7 Å². The Labute approximate surface area is 143 Å². The number of amides is 1. The van der Waals surface area contributed by atoms with Crippen molar-refractivity contribution in [2.45, 2.75) is 20.3 Å². The lowest BCUT2D eigenvalue weighted by molar-refractivity contribution is 0.0528. The number of anilines is 1. The van der Waals surface area contributed by atoms with Gasteiger partial charge in [-0.25, -0.2) is 4.79 Å². The molecule has 1 N–H and O–H groups in total. The number of fused-ring (bicyclic) bond motifs is 1. The van der Waals surface area contributed by atoms with Crippen molar-refractivity contribution in [3.63, 3.8) is 0 Å². The number of hydrogen-bond acceptors (Lipinski definition) is 5. The molecule has 0 saturated carbocycles. The number of nitrogens with one attached hydrogen (secondary N) is 1. The molecule has 0 bridgehead atoms. The van der Waals surface area contributed by atoms with Crippen molar-refractivity contribution in [1.29, 1.82) is 0 Å². The summed E-state index contributed by atoms with van der Waals surface area (Å²) in [4.78, 5) is 25.5. The average molecular weight is 343 g/mol. The molecule has 24 heavy (non-hydrogen) atoms. The van der Waals surface area contributed by atoms with Gasteiger partial charge in [0.1, 0.15) is 10.6 Å². The second kappa shape index (κ2) is 6.88. The molecule has 2 aromatic heterocycles. The van der Waals surface area contributed by atoms with Gasteiger partial charge in [0, 0.05) is 10.3 Å². The van der Waals surface area contributed by atoms with Gasteiger partial charge in [-0.15, -0.1) is 11.3 Å². The highest BCUT2D eigenvalue weighted by Gasteiger charge is 2.20. The minimum atomic E-state index is -0.437. The van der Waals surface area contributed by atoms with E-state index in [4.69, 9.17) is 9.15 Å². The molecule has 1 amide bonds. The van der Waals surface area contributed by atoms with Gasteiger partial charge < -0.3 is 14.5 Å². The van der Waals surface area contributed by atoms with Crippen LogP contribution in [0.15, 0.2) is 40.8 Å². The van der Waals surface area contributed by atoms with Crippen LogP contribution in [0.25, 0.3) is 11.0 Å². The van der Waals surface area contributed by atoms with Gasteiger partial charge in [0.2, 0.25) is 0 Å². The Morgan fingerprint density at radius 2 is 2.00 bits per heavy atom. The molecule has 0 radical (unpaired) electrons. The van der Waals surface area contributed by atoms with Gasteiger partial charge in [-0.3, -0.25) is 4.79 Å². The summed E-state index contributed by atoms with van der Waals surface area (Å²) >= 11 is 1.37. The monoisotopic (exact) mass is 343 g/mol. The van der Waals surface area contributed by atoms with Crippen LogP contribution in [0.4, 0.5) is 5.00 Å². The smallest absolute Gasteiger partial charge is 0.341 e. The summed E-state index contributed by atoms with van der Waals surface area (Å²) in [5, 5.41) is 4.10. The van der Waals surface area contributed by atoms with Crippen LogP contribution in [0, 0.1) is 0 Å². The zero-order valence-corrected chi connectivity index (χ0v) is 14.2. The second-order valence-corrected chi connectivity index (χ2v) is 6.27. The van der Waals surface area contributed by atoms with Crippen LogP contribution in [-0.2, 0) is 11.2 Å². The zero-order chi connectivity index (χ0) is 17.1. The normalized spacial score (nSPS) is 10.8. The number of thiophene rings is 1. The van der Waals surface area contributed by atoms with Crippen LogP contribution >= 0.6 is 11.3 Å². The summed E-state index contributed by atoms with van der Waals surface area (Å²) < 4.78 is 10.6. The number of furan rings is 1. The Bertz CT molecular complexity index is 860. The molecule has 0 fully saturated rings. The molecule has 124 valence electrons. The summed E-state index contributed by atoms with van der Waals surface area (Å²) in [6.07, 6.45) is 0.775. The topological polar surface area (TPSA) is 68.5 Å². The number of carbonyl (C=O) groups excluding carboxylic acids is 2. The largest absolute Gasteiger partial charge is 0.462 e. The van der Waals surface area contributed by atoms with Gasteiger partial charge in [0.25, 0.3) is 5.91 Å². The Kier molecular flexibility index (Phi) is 4.66. The first-order valence-corrected chi connectivity index (χ1v) is 8.53. The highest BCUT2D eigenvalue weighted by atomic mass is 32.1. The molecule has 0 aliphatic carbocycles. The number of aryl methyl sites for hydroxylation is 1. The summed E-state index contributed by atoms with van der Waals surface area (Å²) in [5.41, 5.74) is 1.02. The number of esters is 1. The molecule has 3 aromatic rings. The van der Waals surface area contributed by atoms with Gasteiger partial charge in [-0.2, -0.15) is 0 Å². The highest BCUT2D eigenvalue weighted by Crippen LogP contribution is 2.30. The molecule has 3 rings (SSSR count). The summed E-state index contributed by atoms with van der Waals surface area (Å²) in [6.45, 7) is 4.02. The van der Waals surface area contributed by atoms with Gasteiger partial charge >= 0.3 is 5.97 Å². The third-order valence-corrected chi connectivity index (χ3v) is 4.70. The van der Waals surface area contributed by atoms with Crippen LogP contribution in [0.2, 0.25) is 0 Å². The Hall–Kier alpha value is -2.60. The third kappa shape index (κ3) is 3.19. The number of rotatable bonds is 5. The predicted molar refractivity (Wildman–Crippen MR) is 93.8 cm³/mol. The first-order chi connectivity index (χ1) is 11.6. The zero-order valence-electron chi connectivity index (χ0n) is 13.4. The first-order valence-electron chi connectivity index (χ1n) is 7.72. The number of carbonyl (C=O) groups is 2. The predicted octanol–water partition coefficient (Wildman–Crippen LogP) is 4.49. The highest BCUT2D eigenvalue weighted by molar-refractivity contribution is 7.16. The Morgan fingerprint density at radius 3 is 2.71 bits per heavy atom. The van der Waals surface area contributed by atoms with Gasteiger partial charge in [-0.1, -0.05) is 25.1 Å². The van der Waals surface area contributed by atoms with Crippen LogP contribution in [0.3, 0.4) is 0 Å². The quantitative estimate of drug-likeness (QED) is 0.693. The molecule has 1 aromatic carbocycles. The van der Waals surface area contributed by atoms with Gasteiger partial charge in [-0.05, 0) is 31.5 Å². The van der Waals surface area contributed by atoms with E-state index in [9.17, 15) is 9.59 Å². The van der Waals surface area contributed by atoms with E-state index in [1.54, 1.807) is 25.1 Å². The lowest BCUT2D eigenvalue weighted by Crippen LogP contribution is -2.13. The van der Waals surface area contributed by atoms with E-state index in [2.05, 4.69) is 5.32 Å². The van der Waals surface area contributed by atoms with E-state index in [1.165, 1.54) is 11.3 Å². The average Bonchev–Trinajstić information content (AvgIpc) is 3.18. The Morgan fingerprint density at radius 1 is 1.21 bits per heavy atom. The van der Waals surface area contributed by atoms with Crippen molar-refractivity contribution in [1.82, 2.24) is 0 Å². The molecule has 5 nitrogen and oxygen atoms in total. The van der Waals surface area contributed by atoms with Crippen molar-refractivity contribution in [2.75, 3.05) is 11.9 Å². The fraction of sp³-hybridized carbons (Fsp3) is 0.222. The SMILES string of the molecule is CCOC(=O)c1cc(CC)sc1NC(=O)c1cc2ccccc2o1. The second-order valence-electron chi connectivity index (χ2n) is 5.13. The molecule has 0 spiro atoms. The van der Waals surface area contributed by atoms with Crippen LogP contribution in [-0.4, -0.2) is 18.5 Å². The molecule has 0 aliphatic rings. The standard InChI is InChI=1S/C18H17NO4S/c1-3-12-10-13(18(21)22-4-2)17(24-12)19-16(20)15-9-11-7-5-6-8-14(11)23-15/h5-10H,3-4H2,1-2H3,(H,19,20). The summed E-state index contributed by atoms with van der Waals surface area (Å²) in [5.74, 6) is -0.618. The molecule has 6 heteroatoms. The summed E-state index contributed by atoms with van der Waals surface area (Å²) in [6, 6.07) is 10.8. The van der Waals surface area contributed by atoms with E-state index < -0.39 is 5.97 Å². The van der Waals surface area contributed by atoms with E-state index in [-0.39, 0.29) is 18.3 Å². The maximum atomic E-state index is 12.5. The fourth-order valence-electron chi connectivity index (χ4n) is 2.33. The molecule has 0 saturated heterocycles. The maximum Gasteiger partial charge on any atom is 0.341 e. The van der Waals surface area contributed by atoms with Crippen LogP contribution in [0.5, 0.6) is 0 Å². The van der Waals surface area contributed by atoms with Crippen molar-refractivity contribution in [3.05, 3.63) is 52.6 Å². The summed E-state index contributed by atoms with van der Waals surface area (Å²) in [7, 11) is 0. The molecule has 0 unspecified atom stereocenters. The fourth-order valence-corrected chi connectivity index (χ4v) is 3.31. The minimum Gasteiger partial charge on any atom is -0.462 e. The molecule has 2 heterocycles. The molecule has 0 aliphatic heterocycles. The van der Waals surface area contributed by atoms with E-state index in [1.807, 2.05) is 25.1 Å². The molecule has 0 atom stereocenters. The molecular formula is C18H17NO4S. The first kappa shape index (κ1) is 16.3. The number of hydrogen-bond donors (Lipinski definition) is 1. The van der Waals surface area contributed by atoms with Crippen LogP contribution in [0.1, 0.15) is 39.6 Å². The van der Waals surface area contributed by atoms with E-state index in [0.717, 1.165) is 16.7 Å². The molecular weight excluding hydrogens is 326 g/mol. The van der Waals surface area contributed by atoms with Crippen LogP contribution < -0.4 is 5.32 Å².